The summed E-state index contributed by atoms with van der Waals surface area (Å²) in [5, 5.41) is 26.7. The van der Waals surface area contributed by atoms with Crippen molar-refractivity contribution in [3.05, 3.63) is 140 Å². The quantitative estimate of drug-likeness (QED) is 0.0431. The third-order valence-corrected chi connectivity index (χ3v) is 10.4. The summed E-state index contributed by atoms with van der Waals surface area (Å²) in [4.78, 5) is 78.5. The second kappa shape index (κ2) is 21.8. The van der Waals surface area contributed by atoms with E-state index in [-0.39, 0.29) is 49.0 Å². The number of amides is 4. The Morgan fingerprint density at radius 3 is 1.31 bits per heavy atom. The van der Waals surface area contributed by atoms with Crippen molar-refractivity contribution < 1.29 is 28.8 Å². The van der Waals surface area contributed by atoms with E-state index in [0.717, 1.165) is 11.1 Å². The standard InChI is InChI=1S/C46H42Cl4N8O6/c1-23-15-33(51-45(63)41(27(5)59)57-55-34-19-29(17-31(49)21-34)43(61)52-38-13-9-7-11-36(38)25(3)47)16-24(2)40(23)54-46(64)42(28(6)60)58-56-35-20-30(18-32(50)22-35)44(62)53-39-14-10-8-12-37(39)26(4)48/h7-22,25-26,41-42H,1-6H3,(H,51,63)(H,52,61)(H,53,62)(H,54,64). The molecular formula is C46H42Cl4N8O6. The van der Waals surface area contributed by atoms with Gasteiger partial charge in [0.15, 0.2) is 11.6 Å². The first-order chi connectivity index (χ1) is 30.3. The second-order valence-electron chi connectivity index (χ2n) is 14.6. The van der Waals surface area contributed by atoms with Crippen LogP contribution in [-0.2, 0) is 19.2 Å². The van der Waals surface area contributed by atoms with Crippen LogP contribution in [0.1, 0.15) is 81.4 Å². The number of aryl methyl sites for hydroxylation is 2. The van der Waals surface area contributed by atoms with Gasteiger partial charge in [0.2, 0.25) is 12.1 Å². The molecule has 4 atom stereocenters. The zero-order valence-corrected chi connectivity index (χ0v) is 38.3. The van der Waals surface area contributed by atoms with E-state index in [9.17, 15) is 28.8 Å². The highest BCUT2D eigenvalue weighted by Gasteiger charge is 2.27. The number of ketones is 2. The molecule has 0 saturated carbocycles. The normalized spacial score (nSPS) is 13.2. The molecule has 330 valence electrons. The summed E-state index contributed by atoms with van der Waals surface area (Å²) in [6.45, 7) is 9.25. The van der Waals surface area contributed by atoms with Gasteiger partial charge in [-0.1, -0.05) is 59.6 Å². The number of anilines is 4. The van der Waals surface area contributed by atoms with Gasteiger partial charge in [0.25, 0.3) is 23.6 Å². The summed E-state index contributed by atoms with van der Waals surface area (Å²) >= 11 is 25.2. The molecule has 0 aromatic heterocycles. The lowest BCUT2D eigenvalue weighted by atomic mass is 10.1. The smallest absolute Gasteiger partial charge is 0.258 e. The molecule has 0 aliphatic carbocycles. The lowest BCUT2D eigenvalue weighted by Crippen LogP contribution is -2.33. The van der Waals surface area contributed by atoms with Crippen LogP contribution in [0.2, 0.25) is 10.0 Å². The molecule has 0 aliphatic heterocycles. The molecule has 5 aromatic rings. The fourth-order valence-corrected chi connectivity index (χ4v) is 7.19. The Kier molecular flexibility index (Phi) is 16.6. The highest BCUT2D eigenvalue weighted by molar-refractivity contribution is 6.32. The Labute approximate surface area is 389 Å². The Morgan fingerprint density at radius 1 is 0.531 bits per heavy atom. The number of halogens is 4. The van der Waals surface area contributed by atoms with Crippen molar-refractivity contribution in [2.45, 2.75) is 64.4 Å². The molecule has 4 N–H and O–H groups in total. The van der Waals surface area contributed by atoms with Gasteiger partial charge in [-0.3, -0.25) is 28.8 Å². The molecule has 5 rings (SSSR count). The molecule has 4 amide bonds. The number of benzene rings is 5. The number of alkyl halides is 2. The van der Waals surface area contributed by atoms with E-state index in [4.69, 9.17) is 46.4 Å². The first kappa shape index (κ1) is 48.7. The largest absolute Gasteiger partial charge is 0.324 e. The predicted octanol–water partition coefficient (Wildman–Crippen LogP) is 12.1. The minimum absolute atomic E-state index is 0.116. The van der Waals surface area contributed by atoms with Crippen LogP contribution in [0.15, 0.2) is 118 Å². The lowest BCUT2D eigenvalue weighted by molar-refractivity contribution is -0.127. The van der Waals surface area contributed by atoms with Crippen molar-refractivity contribution in [3.8, 4) is 0 Å². The number of hydrogen-bond acceptors (Lipinski definition) is 10. The number of carbonyl (C=O) groups excluding carboxylic acids is 6. The van der Waals surface area contributed by atoms with Gasteiger partial charge < -0.3 is 21.3 Å². The number of rotatable bonds is 16. The van der Waals surface area contributed by atoms with Crippen LogP contribution in [0.5, 0.6) is 0 Å². The maximum Gasteiger partial charge on any atom is 0.258 e. The third-order valence-electron chi connectivity index (χ3n) is 9.46. The Bertz CT molecular complexity index is 2680. The number of hydrogen-bond donors (Lipinski definition) is 4. The van der Waals surface area contributed by atoms with Gasteiger partial charge in [0, 0.05) is 43.9 Å². The monoisotopic (exact) mass is 942 g/mol. The molecule has 0 saturated heterocycles. The SMILES string of the molecule is CC(=O)C(N=Nc1cc(Cl)cc(C(=O)Nc2ccccc2C(C)Cl)c1)C(=O)Nc1cc(C)c(NC(=O)C(N=Nc2cc(Cl)cc(C(=O)Nc3ccccc3C(C)Cl)c2)C(C)=O)c(C)c1. The van der Waals surface area contributed by atoms with E-state index in [1.165, 1.54) is 50.2 Å². The van der Waals surface area contributed by atoms with Crippen LogP contribution < -0.4 is 21.3 Å². The maximum atomic E-state index is 13.5. The number of Topliss-reactive ketones (excluding diaryl/α,β-unsaturated/α-hetero) is 2. The summed E-state index contributed by atoms with van der Waals surface area (Å²) in [6, 6.07) is 22.6. The zero-order valence-electron chi connectivity index (χ0n) is 35.3. The van der Waals surface area contributed by atoms with Crippen molar-refractivity contribution in [2.75, 3.05) is 21.3 Å². The van der Waals surface area contributed by atoms with Gasteiger partial charge in [0.05, 0.1) is 22.1 Å². The molecular weight excluding hydrogens is 902 g/mol. The average Bonchev–Trinajstić information content (AvgIpc) is 3.22. The molecule has 14 nitrogen and oxygen atoms in total. The molecule has 64 heavy (non-hydrogen) atoms. The van der Waals surface area contributed by atoms with Crippen LogP contribution in [0, 0.1) is 13.8 Å². The summed E-state index contributed by atoms with van der Waals surface area (Å²) in [7, 11) is 0. The number of nitrogens with zero attached hydrogens (tertiary/aromatic N) is 4. The summed E-state index contributed by atoms with van der Waals surface area (Å²) in [6.07, 6.45) is 0. The van der Waals surface area contributed by atoms with Crippen LogP contribution in [0.3, 0.4) is 0 Å². The molecule has 0 fully saturated rings. The number of para-hydroxylation sites is 2. The number of carbonyl (C=O) groups is 6. The number of azo groups is 2. The topological polar surface area (TPSA) is 200 Å². The molecule has 0 bridgehead atoms. The van der Waals surface area contributed by atoms with E-state index in [2.05, 4.69) is 41.7 Å². The van der Waals surface area contributed by atoms with Crippen LogP contribution in [0.25, 0.3) is 0 Å². The number of nitrogens with one attached hydrogen (secondary N) is 4. The molecule has 0 spiro atoms. The van der Waals surface area contributed by atoms with E-state index in [1.807, 2.05) is 0 Å². The van der Waals surface area contributed by atoms with Crippen molar-refractivity contribution >= 4 is 116 Å². The van der Waals surface area contributed by atoms with Crippen LogP contribution >= 0.6 is 46.4 Å². The fraction of sp³-hybridized carbons (Fsp3) is 0.217. The molecule has 0 heterocycles. The predicted molar refractivity (Wildman–Crippen MR) is 251 cm³/mol. The van der Waals surface area contributed by atoms with Gasteiger partial charge in [-0.05, 0) is 124 Å². The van der Waals surface area contributed by atoms with Crippen LogP contribution in [-0.4, -0.2) is 47.3 Å². The maximum absolute atomic E-state index is 13.5. The molecule has 5 aromatic carbocycles. The van der Waals surface area contributed by atoms with Gasteiger partial charge in [-0.15, -0.1) is 23.2 Å². The van der Waals surface area contributed by atoms with Crippen molar-refractivity contribution in [1.29, 1.82) is 0 Å². The minimum Gasteiger partial charge on any atom is -0.324 e. The van der Waals surface area contributed by atoms with Crippen molar-refractivity contribution in [3.63, 3.8) is 0 Å². The van der Waals surface area contributed by atoms with Crippen molar-refractivity contribution in [2.24, 2.45) is 20.5 Å². The molecule has 0 aliphatic rings. The highest BCUT2D eigenvalue weighted by atomic mass is 35.5. The Balaban J connectivity index is 1.27. The summed E-state index contributed by atoms with van der Waals surface area (Å²) in [5.74, 6) is -3.81. The highest BCUT2D eigenvalue weighted by Crippen LogP contribution is 2.31. The first-order valence-electron chi connectivity index (χ1n) is 19.6. The van der Waals surface area contributed by atoms with E-state index >= 15 is 0 Å². The summed E-state index contributed by atoms with van der Waals surface area (Å²) < 4.78 is 0. The van der Waals surface area contributed by atoms with Gasteiger partial charge in [-0.2, -0.15) is 20.5 Å². The lowest BCUT2D eigenvalue weighted by Gasteiger charge is -2.17. The fourth-order valence-electron chi connectivity index (χ4n) is 6.35. The Morgan fingerprint density at radius 2 is 0.922 bits per heavy atom. The zero-order chi connectivity index (χ0) is 46.8. The van der Waals surface area contributed by atoms with Crippen LogP contribution in [0.4, 0.5) is 34.1 Å². The third kappa shape index (κ3) is 12.9. The van der Waals surface area contributed by atoms with Crippen molar-refractivity contribution in [1.82, 2.24) is 0 Å². The second-order valence-corrected chi connectivity index (χ2v) is 16.8. The van der Waals surface area contributed by atoms with E-state index in [0.29, 0.717) is 28.2 Å². The molecule has 4 unspecified atom stereocenters. The summed E-state index contributed by atoms with van der Waals surface area (Å²) in [5.41, 5.74) is 4.60. The molecule has 0 radical (unpaired) electrons. The van der Waals surface area contributed by atoms with Gasteiger partial charge in [-0.25, -0.2) is 0 Å². The molecule has 18 heteroatoms. The average molecular weight is 945 g/mol. The first-order valence-corrected chi connectivity index (χ1v) is 21.2. The van der Waals surface area contributed by atoms with E-state index in [1.54, 1.807) is 88.4 Å². The van der Waals surface area contributed by atoms with E-state index < -0.39 is 47.3 Å². The van der Waals surface area contributed by atoms with Gasteiger partial charge in [0.1, 0.15) is 0 Å². The minimum atomic E-state index is -1.57. The van der Waals surface area contributed by atoms with Gasteiger partial charge >= 0.3 is 0 Å². The Hall–Kier alpha value is -6.32.